The molecule has 10 heteroatoms. The van der Waals surface area contributed by atoms with Crippen LogP contribution >= 0.6 is 0 Å². The summed E-state index contributed by atoms with van der Waals surface area (Å²) in [5, 5.41) is 8.20. The maximum absolute atomic E-state index is 14.0. The highest BCUT2D eigenvalue weighted by atomic mass is 19.1. The Kier molecular flexibility index (Phi) is 7.36. The molecular weight excluding hydrogens is 496 g/mol. The van der Waals surface area contributed by atoms with Crippen molar-refractivity contribution in [2.24, 2.45) is 0 Å². The number of hydrogen-bond acceptors (Lipinski definition) is 6. The van der Waals surface area contributed by atoms with Crippen molar-refractivity contribution in [3.05, 3.63) is 69.4 Å². The van der Waals surface area contributed by atoms with Gasteiger partial charge in [-0.2, -0.15) is 0 Å². The molecule has 2 aliphatic rings. The molecule has 8 nitrogen and oxygen atoms in total. The van der Waals surface area contributed by atoms with Crippen molar-refractivity contribution in [3.63, 3.8) is 0 Å². The van der Waals surface area contributed by atoms with E-state index in [0.29, 0.717) is 80.5 Å². The van der Waals surface area contributed by atoms with Crippen molar-refractivity contribution < 1.29 is 27.8 Å². The van der Waals surface area contributed by atoms with Crippen molar-refractivity contribution in [2.45, 2.75) is 31.9 Å². The molecule has 1 atom stereocenters. The maximum Gasteiger partial charge on any atom is 0.253 e. The second-order valence-corrected chi connectivity index (χ2v) is 9.97. The highest BCUT2D eigenvalue weighted by Gasteiger charge is 2.28. The van der Waals surface area contributed by atoms with Crippen LogP contribution in [0.1, 0.15) is 41.7 Å². The van der Waals surface area contributed by atoms with Crippen LogP contribution in [0.15, 0.2) is 45.6 Å². The van der Waals surface area contributed by atoms with Gasteiger partial charge in [0.25, 0.3) is 5.91 Å². The van der Waals surface area contributed by atoms with Gasteiger partial charge in [0.1, 0.15) is 17.2 Å². The summed E-state index contributed by atoms with van der Waals surface area (Å²) in [5.74, 6) is -1.21. The average molecular weight is 529 g/mol. The summed E-state index contributed by atoms with van der Waals surface area (Å²) in [6, 6.07) is 7.48. The van der Waals surface area contributed by atoms with E-state index in [1.807, 2.05) is 11.8 Å². The van der Waals surface area contributed by atoms with Crippen molar-refractivity contribution in [2.75, 3.05) is 56.2 Å². The number of likely N-dealkylation sites (tertiary alicyclic amines) is 1. The van der Waals surface area contributed by atoms with Gasteiger partial charge in [0.05, 0.1) is 24.6 Å². The van der Waals surface area contributed by atoms with Crippen molar-refractivity contribution in [3.8, 4) is 0 Å². The van der Waals surface area contributed by atoms with Gasteiger partial charge in [0.15, 0.2) is 17.4 Å². The number of ether oxygens (including phenoxy) is 1. The average Bonchev–Trinajstić information content (AvgIpc) is 2.91. The van der Waals surface area contributed by atoms with Gasteiger partial charge in [0, 0.05) is 75.0 Å². The Hall–Kier alpha value is -3.50. The standard InChI is InChI=1S/C28H31F2N3O5/c1-17(31(2)21-14-19(29)13-20(30)15-21)23-11-18(28(36)33-5-3-22(34)4-6-33)12-24-25(35)16-26(38-27(23)24)32-7-9-37-10-8-32/h11-17,22,34H,3-10H2,1-2H3/p+1. The van der Waals surface area contributed by atoms with Crippen LogP contribution in [0.2, 0.25) is 0 Å². The second kappa shape index (κ2) is 10.7. The van der Waals surface area contributed by atoms with E-state index in [0.717, 1.165) is 6.07 Å². The van der Waals surface area contributed by atoms with Crippen LogP contribution in [0.3, 0.4) is 0 Å². The van der Waals surface area contributed by atoms with Crippen LogP contribution in [-0.2, 0) is 4.74 Å². The molecule has 2 aromatic carbocycles. The zero-order chi connectivity index (χ0) is 27.0. The number of hydrogen-bond donors (Lipinski definition) is 0. The Balaban J connectivity index is 1.62. The molecule has 2 aliphatic heterocycles. The topological polar surface area (TPSA) is 89.1 Å². The molecule has 3 aromatic rings. The van der Waals surface area contributed by atoms with Crippen LogP contribution in [0, 0.1) is 11.6 Å². The Morgan fingerprint density at radius 3 is 2.34 bits per heavy atom. The zero-order valence-corrected chi connectivity index (χ0v) is 21.5. The van der Waals surface area contributed by atoms with E-state index in [4.69, 9.17) is 14.3 Å². The first-order valence-corrected chi connectivity index (χ1v) is 12.8. The molecule has 1 aromatic heterocycles. The molecule has 0 saturated carbocycles. The maximum atomic E-state index is 14.0. The molecule has 2 N–H and O–H groups in total. The Morgan fingerprint density at radius 1 is 1.03 bits per heavy atom. The number of nitrogens with zero attached hydrogens (tertiary/aromatic N) is 3. The molecule has 2 fully saturated rings. The summed E-state index contributed by atoms with van der Waals surface area (Å²) < 4.78 is 39.8. The van der Waals surface area contributed by atoms with Crippen molar-refractivity contribution >= 4 is 28.4 Å². The molecule has 3 heterocycles. The quantitative estimate of drug-likeness (QED) is 0.472. The molecule has 5 rings (SSSR count). The van der Waals surface area contributed by atoms with Gasteiger partial charge in [-0.3, -0.25) is 9.59 Å². The van der Waals surface area contributed by atoms with E-state index < -0.39 is 17.7 Å². The first-order chi connectivity index (χ1) is 18.2. The number of anilines is 2. The van der Waals surface area contributed by atoms with Gasteiger partial charge < -0.3 is 29.0 Å². The number of fused-ring (bicyclic) bond motifs is 1. The van der Waals surface area contributed by atoms with Crippen LogP contribution in [0.5, 0.6) is 0 Å². The van der Waals surface area contributed by atoms with Crippen LogP contribution in [0.25, 0.3) is 11.0 Å². The van der Waals surface area contributed by atoms with E-state index in [1.165, 1.54) is 18.2 Å². The van der Waals surface area contributed by atoms with Gasteiger partial charge in [-0.15, -0.1) is 0 Å². The predicted octanol–water partition coefficient (Wildman–Crippen LogP) is 3.43. The van der Waals surface area contributed by atoms with Crippen LogP contribution in [0.4, 0.5) is 20.4 Å². The summed E-state index contributed by atoms with van der Waals surface area (Å²) >= 11 is 0. The lowest BCUT2D eigenvalue weighted by Crippen LogP contribution is -2.40. The zero-order valence-electron chi connectivity index (χ0n) is 21.5. The Labute approximate surface area is 219 Å². The fourth-order valence-electron chi connectivity index (χ4n) is 5.09. The minimum Gasteiger partial charge on any atom is -0.443 e. The van der Waals surface area contributed by atoms with E-state index in [2.05, 4.69) is 0 Å². The lowest BCUT2D eigenvalue weighted by molar-refractivity contribution is 0.0546. The summed E-state index contributed by atoms with van der Waals surface area (Å²) in [7, 11) is 1.70. The molecule has 202 valence electrons. The number of halogens is 2. The van der Waals surface area contributed by atoms with Gasteiger partial charge in [0.2, 0.25) is 0 Å². The third-order valence-electron chi connectivity index (χ3n) is 7.48. The van der Waals surface area contributed by atoms with E-state index in [9.17, 15) is 18.4 Å². The van der Waals surface area contributed by atoms with Gasteiger partial charge in [-0.05, 0) is 31.2 Å². The molecule has 0 radical (unpaired) electrons. The Bertz CT molecular complexity index is 1380. The van der Waals surface area contributed by atoms with Gasteiger partial charge in [-0.1, -0.05) is 0 Å². The highest BCUT2D eigenvalue weighted by Crippen LogP contribution is 2.34. The lowest BCUT2D eigenvalue weighted by atomic mass is 9.98. The molecule has 2 saturated heterocycles. The van der Waals surface area contributed by atoms with E-state index >= 15 is 0 Å². The first-order valence-electron chi connectivity index (χ1n) is 12.8. The van der Waals surface area contributed by atoms with E-state index in [-0.39, 0.29) is 22.8 Å². The Morgan fingerprint density at radius 2 is 1.68 bits per heavy atom. The number of carbonyl (C=O) groups is 1. The third-order valence-corrected chi connectivity index (χ3v) is 7.48. The van der Waals surface area contributed by atoms with Crippen molar-refractivity contribution in [1.82, 2.24) is 4.90 Å². The number of rotatable bonds is 5. The van der Waals surface area contributed by atoms with Gasteiger partial charge >= 0.3 is 0 Å². The third kappa shape index (κ3) is 5.23. The minimum absolute atomic E-state index is 0.183. The van der Waals surface area contributed by atoms with E-state index in [1.54, 1.807) is 29.0 Å². The smallest absolute Gasteiger partial charge is 0.253 e. The number of benzene rings is 2. The molecule has 38 heavy (non-hydrogen) atoms. The summed E-state index contributed by atoms with van der Waals surface area (Å²) in [6.45, 7) is 4.96. The normalized spacial score (nSPS) is 17.6. The number of morpholine rings is 1. The SMILES string of the molecule is CC(c1cc(C(=O)N2CCC([OH2+])CC2)cc2c(=O)cc(N3CCOCC3)oc12)N(C)c1cc(F)cc(F)c1. The van der Waals surface area contributed by atoms with Gasteiger partial charge in [-0.25, -0.2) is 8.78 Å². The molecular formula is C28H32F2N3O5+. The first kappa shape index (κ1) is 26.1. The predicted molar refractivity (Wildman–Crippen MR) is 141 cm³/mol. The number of piperidine rings is 1. The summed E-state index contributed by atoms with van der Waals surface area (Å²) in [6.07, 6.45) is 1.01. The highest BCUT2D eigenvalue weighted by molar-refractivity contribution is 5.99. The van der Waals surface area contributed by atoms with Crippen LogP contribution in [-0.4, -0.2) is 68.5 Å². The molecule has 0 spiro atoms. The molecule has 1 unspecified atom stereocenters. The second-order valence-electron chi connectivity index (χ2n) is 9.97. The molecule has 1 amide bonds. The lowest BCUT2D eigenvalue weighted by Gasteiger charge is -2.31. The molecule has 0 aliphatic carbocycles. The van der Waals surface area contributed by atoms with Crippen LogP contribution < -0.4 is 15.2 Å². The van der Waals surface area contributed by atoms with Crippen molar-refractivity contribution in [1.29, 1.82) is 0 Å². The number of carbonyl (C=O) groups excluding carboxylic acids is 1. The summed E-state index contributed by atoms with van der Waals surface area (Å²) in [4.78, 5) is 32.2. The fraction of sp³-hybridized carbons (Fsp3) is 0.429. The monoisotopic (exact) mass is 528 g/mol. The summed E-state index contributed by atoms with van der Waals surface area (Å²) in [5.41, 5.74) is 1.26. The minimum atomic E-state index is -0.702. The largest absolute Gasteiger partial charge is 0.443 e. The molecule has 0 bridgehead atoms. The fourth-order valence-corrected chi connectivity index (χ4v) is 5.09. The number of amides is 1.